The number of nitrogens with two attached hydrogens (primary N) is 1. The molecule has 0 unspecified atom stereocenters. The van der Waals surface area contributed by atoms with Crippen molar-refractivity contribution < 1.29 is 9.59 Å². The van der Waals surface area contributed by atoms with Gasteiger partial charge in [-0.05, 0) is 12.1 Å². The van der Waals surface area contributed by atoms with Crippen LogP contribution in [0.15, 0.2) is 12.1 Å². The Morgan fingerprint density at radius 1 is 1.50 bits per heavy atom. The molecule has 0 saturated carbocycles. The Hall–Kier alpha value is -1.07. The molecular formula is C10H13ClN2O2S. The van der Waals surface area contributed by atoms with Crippen LogP contribution in [0.5, 0.6) is 0 Å². The SMILES string of the molecule is CC(C)(CNC(=O)C(N)=O)c1ccc(Cl)s1. The zero-order valence-corrected chi connectivity index (χ0v) is 10.6. The van der Waals surface area contributed by atoms with Gasteiger partial charge in [0.1, 0.15) is 0 Å². The Morgan fingerprint density at radius 2 is 2.12 bits per heavy atom. The highest BCUT2D eigenvalue weighted by Crippen LogP contribution is 2.31. The van der Waals surface area contributed by atoms with Gasteiger partial charge in [-0.25, -0.2) is 0 Å². The van der Waals surface area contributed by atoms with Crippen molar-refractivity contribution in [2.45, 2.75) is 19.3 Å². The minimum atomic E-state index is -0.972. The van der Waals surface area contributed by atoms with Crippen LogP contribution < -0.4 is 11.1 Å². The van der Waals surface area contributed by atoms with E-state index in [4.69, 9.17) is 17.3 Å². The number of amides is 2. The summed E-state index contributed by atoms with van der Waals surface area (Å²) in [6, 6.07) is 3.71. The quantitative estimate of drug-likeness (QED) is 0.804. The third-order valence-electron chi connectivity index (χ3n) is 2.15. The summed E-state index contributed by atoms with van der Waals surface area (Å²) in [5, 5.41) is 2.48. The van der Waals surface area contributed by atoms with Gasteiger partial charge in [0.15, 0.2) is 0 Å². The summed E-state index contributed by atoms with van der Waals surface area (Å²) in [5.41, 5.74) is 4.56. The number of thiophene rings is 1. The zero-order valence-electron chi connectivity index (χ0n) is 9.04. The Labute approximate surface area is 103 Å². The fourth-order valence-corrected chi connectivity index (χ4v) is 2.30. The molecule has 1 rings (SSSR count). The van der Waals surface area contributed by atoms with Crippen molar-refractivity contribution >= 4 is 34.8 Å². The lowest BCUT2D eigenvalue weighted by molar-refractivity contribution is -0.137. The summed E-state index contributed by atoms with van der Waals surface area (Å²) in [5.74, 6) is -1.74. The molecule has 0 spiro atoms. The van der Waals surface area contributed by atoms with E-state index in [9.17, 15) is 9.59 Å². The molecule has 0 aliphatic heterocycles. The molecule has 0 radical (unpaired) electrons. The summed E-state index contributed by atoms with van der Waals surface area (Å²) in [6.45, 7) is 4.25. The fraction of sp³-hybridized carbons (Fsp3) is 0.400. The van der Waals surface area contributed by atoms with Gasteiger partial charge in [-0.2, -0.15) is 0 Å². The van der Waals surface area contributed by atoms with E-state index in [1.807, 2.05) is 19.9 Å². The summed E-state index contributed by atoms with van der Waals surface area (Å²) < 4.78 is 0.698. The van der Waals surface area contributed by atoms with E-state index in [0.717, 1.165) is 4.88 Å². The molecular weight excluding hydrogens is 248 g/mol. The lowest BCUT2D eigenvalue weighted by Gasteiger charge is -2.23. The molecule has 0 fully saturated rings. The number of nitrogens with one attached hydrogen (secondary N) is 1. The first-order valence-corrected chi connectivity index (χ1v) is 5.86. The minimum Gasteiger partial charge on any atom is -0.361 e. The van der Waals surface area contributed by atoms with E-state index >= 15 is 0 Å². The largest absolute Gasteiger partial charge is 0.361 e. The van der Waals surface area contributed by atoms with Crippen LogP contribution in [0.1, 0.15) is 18.7 Å². The van der Waals surface area contributed by atoms with Gasteiger partial charge < -0.3 is 11.1 Å². The van der Waals surface area contributed by atoms with Crippen LogP contribution in [0.3, 0.4) is 0 Å². The van der Waals surface area contributed by atoms with Gasteiger partial charge in [0.2, 0.25) is 0 Å². The highest BCUT2D eigenvalue weighted by molar-refractivity contribution is 7.16. The summed E-state index contributed by atoms with van der Waals surface area (Å²) >= 11 is 7.29. The maximum atomic E-state index is 11.0. The maximum absolute atomic E-state index is 11.0. The monoisotopic (exact) mass is 260 g/mol. The first-order valence-electron chi connectivity index (χ1n) is 4.66. The second-order valence-electron chi connectivity index (χ2n) is 4.03. The lowest BCUT2D eigenvalue weighted by Crippen LogP contribution is -2.42. The van der Waals surface area contributed by atoms with E-state index < -0.39 is 11.8 Å². The van der Waals surface area contributed by atoms with Crippen molar-refractivity contribution in [2.75, 3.05) is 6.54 Å². The van der Waals surface area contributed by atoms with Gasteiger partial charge in [0.25, 0.3) is 0 Å². The second kappa shape index (κ2) is 4.84. The average Bonchev–Trinajstić information content (AvgIpc) is 2.61. The normalized spacial score (nSPS) is 11.2. The predicted octanol–water partition coefficient (Wildman–Crippen LogP) is 1.28. The Morgan fingerprint density at radius 3 is 2.56 bits per heavy atom. The van der Waals surface area contributed by atoms with Crippen molar-refractivity contribution in [3.05, 3.63) is 21.3 Å². The number of primary amides is 1. The number of rotatable bonds is 3. The van der Waals surface area contributed by atoms with Gasteiger partial charge in [0, 0.05) is 16.8 Å². The molecule has 1 heterocycles. The van der Waals surface area contributed by atoms with Crippen LogP contribution in [-0.4, -0.2) is 18.4 Å². The highest BCUT2D eigenvalue weighted by atomic mass is 35.5. The maximum Gasteiger partial charge on any atom is 0.309 e. The van der Waals surface area contributed by atoms with Crippen LogP contribution >= 0.6 is 22.9 Å². The molecule has 3 N–H and O–H groups in total. The van der Waals surface area contributed by atoms with E-state index in [2.05, 4.69) is 5.32 Å². The zero-order chi connectivity index (χ0) is 12.3. The predicted molar refractivity (Wildman–Crippen MR) is 64.6 cm³/mol. The average molecular weight is 261 g/mol. The number of hydrogen-bond acceptors (Lipinski definition) is 3. The Bertz CT molecular complexity index is 415. The van der Waals surface area contributed by atoms with Crippen LogP contribution in [0.4, 0.5) is 0 Å². The molecule has 0 aromatic carbocycles. The molecule has 2 amide bonds. The van der Waals surface area contributed by atoms with Gasteiger partial charge in [-0.3, -0.25) is 9.59 Å². The highest BCUT2D eigenvalue weighted by Gasteiger charge is 2.24. The number of carbonyl (C=O) groups is 2. The van der Waals surface area contributed by atoms with Crippen molar-refractivity contribution in [3.8, 4) is 0 Å². The van der Waals surface area contributed by atoms with Gasteiger partial charge in [-0.1, -0.05) is 25.4 Å². The van der Waals surface area contributed by atoms with Gasteiger partial charge >= 0.3 is 11.8 Å². The standard InChI is InChI=1S/C10H13ClN2O2S/c1-10(2,5-13-9(15)8(12)14)6-3-4-7(11)16-6/h3-4H,5H2,1-2H3,(H2,12,14)(H,13,15). The fourth-order valence-electron chi connectivity index (χ4n) is 1.15. The lowest BCUT2D eigenvalue weighted by atomic mass is 9.91. The molecule has 1 aromatic rings. The first kappa shape index (κ1) is 13.0. The van der Waals surface area contributed by atoms with Crippen molar-refractivity contribution in [3.63, 3.8) is 0 Å². The minimum absolute atomic E-state index is 0.275. The van der Waals surface area contributed by atoms with E-state index in [-0.39, 0.29) is 5.41 Å². The smallest absolute Gasteiger partial charge is 0.309 e. The first-order chi connectivity index (χ1) is 7.33. The molecule has 0 aliphatic rings. The number of halogens is 1. The summed E-state index contributed by atoms with van der Waals surface area (Å²) in [4.78, 5) is 22.6. The summed E-state index contributed by atoms with van der Waals surface area (Å²) in [6.07, 6.45) is 0. The third-order valence-corrected chi connectivity index (χ3v) is 3.75. The molecule has 0 aliphatic carbocycles. The molecule has 6 heteroatoms. The van der Waals surface area contributed by atoms with Crippen LogP contribution in [0, 0.1) is 0 Å². The number of carbonyl (C=O) groups excluding carboxylic acids is 2. The van der Waals surface area contributed by atoms with E-state index in [1.54, 1.807) is 6.07 Å². The summed E-state index contributed by atoms with van der Waals surface area (Å²) in [7, 11) is 0. The van der Waals surface area contributed by atoms with E-state index in [1.165, 1.54) is 11.3 Å². The van der Waals surface area contributed by atoms with Crippen molar-refractivity contribution in [1.82, 2.24) is 5.32 Å². The molecule has 88 valence electrons. The Kier molecular flexibility index (Phi) is 3.93. The van der Waals surface area contributed by atoms with Gasteiger partial charge in [-0.15, -0.1) is 11.3 Å². The molecule has 0 saturated heterocycles. The Balaban J connectivity index is 2.65. The van der Waals surface area contributed by atoms with Crippen molar-refractivity contribution in [2.24, 2.45) is 5.73 Å². The van der Waals surface area contributed by atoms with Crippen molar-refractivity contribution in [1.29, 1.82) is 0 Å². The molecule has 16 heavy (non-hydrogen) atoms. The van der Waals surface area contributed by atoms with Gasteiger partial charge in [0.05, 0.1) is 4.34 Å². The molecule has 0 atom stereocenters. The second-order valence-corrected chi connectivity index (χ2v) is 5.75. The van der Waals surface area contributed by atoms with Crippen LogP contribution in [0.25, 0.3) is 0 Å². The molecule has 4 nitrogen and oxygen atoms in total. The van der Waals surface area contributed by atoms with E-state index in [0.29, 0.717) is 10.9 Å². The topological polar surface area (TPSA) is 72.2 Å². The van der Waals surface area contributed by atoms with Crippen LogP contribution in [0.2, 0.25) is 4.34 Å². The van der Waals surface area contributed by atoms with Crippen LogP contribution in [-0.2, 0) is 15.0 Å². The molecule has 1 aromatic heterocycles. The third kappa shape index (κ3) is 3.21. The number of hydrogen-bond donors (Lipinski definition) is 2. The molecule has 0 bridgehead atoms.